The van der Waals surface area contributed by atoms with Crippen LogP contribution in [0.3, 0.4) is 0 Å². The number of aromatic carboxylic acids is 1. The number of carboxylic acid groups (broad SMARTS) is 1. The number of halogens is 2. The maximum atomic E-state index is 10.5. The van der Waals surface area contributed by atoms with Crippen molar-refractivity contribution in [3.63, 3.8) is 0 Å². The van der Waals surface area contributed by atoms with Crippen molar-refractivity contribution in [3.05, 3.63) is 22.7 Å². The smallest absolute Gasteiger partial charge is 0.337 e. The molecular formula is C7H8Cl2N2O2. The lowest BCUT2D eigenvalue weighted by atomic mass is 10.1. The average molecular weight is 223 g/mol. The van der Waals surface area contributed by atoms with E-state index in [2.05, 4.69) is 0 Å². The van der Waals surface area contributed by atoms with Crippen LogP contribution in [0.5, 0.6) is 0 Å². The molecule has 0 radical (unpaired) electrons. The molecule has 0 aliphatic carbocycles. The van der Waals surface area contributed by atoms with Gasteiger partial charge in [0.2, 0.25) is 0 Å². The van der Waals surface area contributed by atoms with Gasteiger partial charge in [-0.1, -0.05) is 11.6 Å². The molecule has 0 saturated carbocycles. The van der Waals surface area contributed by atoms with E-state index in [-0.39, 0.29) is 34.4 Å². The second-order valence-corrected chi connectivity index (χ2v) is 2.70. The Morgan fingerprint density at radius 2 is 1.92 bits per heavy atom. The van der Waals surface area contributed by atoms with E-state index in [4.69, 9.17) is 28.2 Å². The molecule has 1 aromatic rings. The predicted octanol–water partition coefficient (Wildman–Crippen LogP) is 1.62. The second kappa shape index (κ2) is 4.20. The SMILES string of the molecule is Cl.Nc1cc(Cl)cc(C(=O)O)c1N. The number of rotatable bonds is 1. The van der Waals surface area contributed by atoms with E-state index in [0.29, 0.717) is 0 Å². The van der Waals surface area contributed by atoms with Crippen LogP contribution in [0.1, 0.15) is 10.4 Å². The summed E-state index contributed by atoms with van der Waals surface area (Å²) in [6, 6.07) is 2.67. The van der Waals surface area contributed by atoms with Crippen molar-refractivity contribution in [2.24, 2.45) is 0 Å². The molecule has 0 bridgehead atoms. The third-order valence-corrected chi connectivity index (χ3v) is 1.63. The van der Waals surface area contributed by atoms with Gasteiger partial charge in [0, 0.05) is 5.02 Å². The van der Waals surface area contributed by atoms with Crippen LogP contribution in [0.4, 0.5) is 11.4 Å². The summed E-state index contributed by atoms with van der Waals surface area (Å²) in [5.41, 5.74) is 10.9. The Morgan fingerprint density at radius 3 is 2.38 bits per heavy atom. The van der Waals surface area contributed by atoms with Gasteiger partial charge in [-0.25, -0.2) is 4.79 Å². The zero-order valence-electron chi connectivity index (χ0n) is 6.45. The van der Waals surface area contributed by atoms with Gasteiger partial charge in [0.1, 0.15) is 0 Å². The van der Waals surface area contributed by atoms with Gasteiger partial charge in [0.05, 0.1) is 16.9 Å². The number of hydrogen-bond acceptors (Lipinski definition) is 3. The molecule has 0 aliphatic heterocycles. The van der Waals surface area contributed by atoms with Gasteiger partial charge in [0.15, 0.2) is 0 Å². The van der Waals surface area contributed by atoms with Crippen molar-refractivity contribution in [1.29, 1.82) is 0 Å². The van der Waals surface area contributed by atoms with Gasteiger partial charge < -0.3 is 16.6 Å². The number of hydrogen-bond donors (Lipinski definition) is 3. The number of anilines is 2. The molecule has 0 amide bonds. The van der Waals surface area contributed by atoms with Crippen LogP contribution < -0.4 is 11.5 Å². The van der Waals surface area contributed by atoms with Gasteiger partial charge >= 0.3 is 5.97 Å². The molecule has 6 heteroatoms. The van der Waals surface area contributed by atoms with Gasteiger partial charge in [-0.2, -0.15) is 0 Å². The predicted molar refractivity (Wildman–Crippen MR) is 54.5 cm³/mol. The van der Waals surface area contributed by atoms with E-state index in [1.807, 2.05) is 0 Å². The Kier molecular flexibility index (Phi) is 3.84. The molecule has 0 aromatic heterocycles. The van der Waals surface area contributed by atoms with Crippen LogP contribution in [-0.4, -0.2) is 11.1 Å². The minimum absolute atomic E-state index is 0. The summed E-state index contributed by atoms with van der Waals surface area (Å²) in [5, 5.41) is 8.88. The fourth-order valence-electron chi connectivity index (χ4n) is 0.816. The summed E-state index contributed by atoms with van der Waals surface area (Å²) in [7, 11) is 0. The minimum Gasteiger partial charge on any atom is -0.478 e. The monoisotopic (exact) mass is 222 g/mol. The molecule has 13 heavy (non-hydrogen) atoms. The highest BCUT2D eigenvalue weighted by Crippen LogP contribution is 2.24. The topological polar surface area (TPSA) is 89.3 Å². The number of nitrogen functional groups attached to an aromatic ring is 2. The molecule has 0 heterocycles. The van der Waals surface area contributed by atoms with E-state index in [0.717, 1.165) is 0 Å². The standard InChI is InChI=1S/C7H7ClN2O2.ClH/c8-3-1-4(7(11)12)6(10)5(9)2-3;/h1-2H,9-10H2,(H,11,12);1H. The maximum absolute atomic E-state index is 10.5. The summed E-state index contributed by atoms with van der Waals surface area (Å²) in [6.45, 7) is 0. The zero-order valence-corrected chi connectivity index (χ0v) is 8.02. The highest BCUT2D eigenvalue weighted by molar-refractivity contribution is 6.31. The lowest BCUT2D eigenvalue weighted by molar-refractivity contribution is 0.0698. The van der Waals surface area contributed by atoms with Crippen molar-refractivity contribution in [2.75, 3.05) is 11.5 Å². The summed E-state index contributed by atoms with van der Waals surface area (Å²) < 4.78 is 0. The summed E-state index contributed by atoms with van der Waals surface area (Å²) in [5.74, 6) is -1.14. The minimum atomic E-state index is -1.14. The molecule has 4 nitrogen and oxygen atoms in total. The Morgan fingerprint density at radius 1 is 1.38 bits per heavy atom. The molecule has 0 fully saturated rings. The van der Waals surface area contributed by atoms with Crippen LogP contribution in [0.2, 0.25) is 5.02 Å². The molecule has 1 aromatic carbocycles. The molecule has 0 unspecified atom stereocenters. The number of nitrogens with two attached hydrogens (primary N) is 2. The molecule has 5 N–H and O–H groups in total. The Bertz CT molecular complexity index is 342. The third kappa shape index (κ3) is 2.40. The summed E-state index contributed by atoms with van der Waals surface area (Å²) in [6.07, 6.45) is 0. The highest BCUT2D eigenvalue weighted by atomic mass is 35.5. The maximum Gasteiger partial charge on any atom is 0.337 e. The summed E-state index contributed by atoms with van der Waals surface area (Å²) >= 11 is 5.57. The van der Waals surface area contributed by atoms with Crippen molar-refractivity contribution in [3.8, 4) is 0 Å². The van der Waals surface area contributed by atoms with Crippen molar-refractivity contribution >= 4 is 41.4 Å². The lowest BCUT2D eigenvalue weighted by Crippen LogP contribution is -2.05. The van der Waals surface area contributed by atoms with E-state index in [1.165, 1.54) is 12.1 Å². The first-order valence-corrected chi connectivity index (χ1v) is 3.48. The fraction of sp³-hybridized carbons (Fsp3) is 0. The lowest BCUT2D eigenvalue weighted by Gasteiger charge is -2.04. The molecule has 72 valence electrons. The van der Waals surface area contributed by atoms with Crippen LogP contribution in [0, 0.1) is 0 Å². The average Bonchev–Trinajstić information content (AvgIpc) is 1.96. The Labute approximate surface area is 85.9 Å². The van der Waals surface area contributed by atoms with E-state index in [1.54, 1.807) is 0 Å². The zero-order chi connectivity index (χ0) is 9.30. The van der Waals surface area contributed by atoms with Crippen LogP contribution >= 0.6 is 24.0 Å². The van der Waals surface area contributed by atoms with Crippen molar-refractivity contribution in [1.82, 2.24) is 0 Å². The number of carboxylic acids is 1. The third-order valence-electron chi connectivity index (χ3n) is 1.41. The van der Waals surface area contributed by atoms with Crippen LogP contribution in [-0.2, 0) is 0 Å². The molecule has 0 atom stereocenters. The highest BCUT2D eigenvalue weighted by Gasteiger charge is 2.10. The van der Waals surface area contributed by atoms with Gasteiger partial charge in [-0.3, -0.25) is 0 Å². The van der Waals surface area contributed by atoms with E-state index >= 15 is 0 Å². The first-order chi connectivity index (χ1) is 5.52. The molecule has 1 rings (SSSR count). The van der Waals surface area contributed by atoms with Crippen molar-refractivity contribution in [2.45, 2.75) is 0 Å². The van der Waals surface area contributed by atoms with E-state index in [9.17, 15) is 4.79 Å². The summed E-state index contributed by atoms with van der Waals surface area (Å²) in [4.78, 5) is 10.5. The Hall–Kier alpha value is -1.13. The van der Waals surface area contributed by atoms with Crippen LogP contribution in [0.15, 0.2) is 12.1 Å². The number of carbonyl (C=O) groups is 1. The second-order valence-electron chi connectivity index (χ2n) is 2.26. The van der Waals surface area contributed by atoms with Gasteiger partial charge in [-0.05, 0) is 12.1 Å². The largest absolute Gasteiger partial charge is 0.478 e. The number of benzene rings is 1. The first-order valence-electron chi connectivity index (χ1n) is 3.10. The van der Waals surface area contributed by atoms with Gasteiger partial charge in [0.25, 0.3) is 0 Å². The van der Waals surface area contributed by atoms with E-state index < -0.39 is 5.97 Å². The molecular weight excluding hydrogens is 215 g/mol. The molecule has 0 saturated heterocycles. The quantitative estimate of drug-likeness (QED) is 0.631. The molecule has 0 spiro atoms. The fourth-order valence-corrected chi connectivity index (χ4v) is 1.04. The Balaban J connectivity index is 0.00000144. The van der Waals surface area contributed by atoms with Gasteiger partial charge in [-0.15, -0.1) is 12.4 Å². The first kappa shape index (κ1) is 11.9. The van der Waals surface area contributed by atoms with Crippen molar-refractivity contribution < 1.29 is 9.90 Å². The van der Waals surface area contributed by atoms with Crippen LogP contribution in [0.25, 0.3) is 0 Å². The molecule has 0 aliphatic rings. The normalized spacial score (nSPS) is 9.00.